The number of amides is 1. The lowest BCUT2D eigenvalue weighted by molar-refractivity contribution is -0.139. The zero-order valence-electron chi connectivity index (χ0n) is 13.4. The molecule has 0 radical (unpaired) electrons. The standard InChI is InChI=1S/C18H25ClN2O/c1-2-20-11-13-21(14-12-20)17(22)18(9-3-4-10-18)15-5-7-16(19)8-6-15/h5-8H,2-4,9-14H2,1H3. The number of nitrogens with zero attached hydrogens (tertiary/aromatic N) is 2. The van der Waals surface area contributed by atoms with Crippen LogP contribution in [0.15, 0.2) is 24.3 Å². The Morgan fingerprint density at radius 2 is 1.68 bits per heavy atom. The van der Waals surface area contributed by atoms with Gasteiger partial charge in [-0.05, 0) is 37.1 Å². The zero-order valence-corrected chi connectivity index (χ0v) is 14.1. The molecule has 0 N–H and O–H groups in total. The zero-order chi connectivity index (χ0) is 15.6. The van der Waals surface area contributed by atoms with Gasteiger partial charge in [0.15, 0.2) is 0 Å². The fourth-order valence-electron chi connectivity index (χ4n) is 3.94. The number of benzene rings is 1. The van der Waals surface area contributed by atoms with Crippen molar-refractivity contribution in [2.45, 2.75) is 38.0 Å². The van der Waals surface area contributed by atoms with Crippen LogP contribution < -0.4 is 0 Å². The number of hydrogen-bond acceptors (Lipinski definition) is 2. The molecule has 4 heteroatoms. The second-order valence-electron chi connectivity index (χ2n) is 6.52. The molecule has 120 valence electrons. The molecule has 1 saturated heterocycles. The van der Waals surface area contributed by atoms with Gasteiger partial charge in [-0.15, -0.1) is 0 Å². The Morgan fingerprint density at radius 1 is 1.09 bits per heavy atom. The van der Waals surface area contributed by atoms with E-state index in [0.29, 0.717) is 5.91 Å². The van der Waals surface area contributed by atoms with Crippen LogP contribution in [0.1, 0.15) is 38.2 Å². The minimum Gasteiger partial charge on any atom is -0.339 e. The Kier molecular flexibility index (Phi) is 4.74. The Bertz CT molecular complexity index is 514. The van der Waals surface area contributed by atoms with Crippen molar-refractivity contribution in [3.05, 3.63) is 34.9 Å². The molecule has 22 heavy (non-hydrogen) atoms. The lowest BCUT2D eigenvalue weighted by Gasteiger charge is -2.39. The molecule has 2 aliphatic rings. The summed E-state index contributed by atoms with van der Waals surface area (Å²) in [6, 6.07) is 7.93. The number of rotatable bonds is 3. The Balaban J connectivity index is 1.82. The van der Waals surface area contributed by atoms with E-state index in [1.165, 1.54) is 0 Å². The van der Waals surface area contributed by atoms with Gasteiger partial charge in [0.05, 0.1) is 5.41 Å². The summed E-state index contributed by atoms with van der Waals surface area (Å²) in [5, 5.41) is 0.737. The summed E-state index contributed by atoms with van der Waals surface area (Å²) in [4.78, 5) is 17.8. The van der Waals surface area contributed by atoms with E-state index in [1.807, 2.05) is 24.3 Å². The lowest BCUT2D eigenvalue weighted by Crippen LogP contribution is -2.53. The fourth-order valence-corrected chi connectivity index (χ4v) is 4.07. The van der Waals surface area contributed by atoms with Crippen molar-refractivity contribution in [2.24, 2.45) is 0 Å². The first-order valence-corrected chi connectivity index (χ1v) is 8.81. The van der Waals surface area contributed by atoms with Crippen LogP contribution in [0.4, 0.5) is 0 Å². The van der Waals surface area contributed by atoms with Crippen molar-refractivity contribution in [3.63, 3.8) is 0 Å². The maximum atomic E-state index is 13.3. The van der Waals surface area contributed by atoms with Crippen LogP contribution in [0.5, 0.6) is 0 Å². The van der Waals surface area contributed by atoms with Gasteiger partial charge in [-0.2, -0.15) is 0 Å². The number of hydrogen-bond donors (Lipinski definition) is 0. The van der Waals surface area contributed by atoms with E-state index in [4.69, 9.17) is 11.6 Å². The summed E-state index contributed by atoms with van der Waals surface area (Å²) in [7, 11) is 0. The molecule has 1 aromatic carbocycles. The summed E-state index contributed by atoms with van der Waals surface area (Å²) in [6.07, 6.45) is 4.23. The molecule has 1 heterocycles. The smallest absolute Gasteiger partial charge is 0.233 e. The minimum absolute atomic E-state index is 0.307. The predicted molar refractivity (Wildman–Crippen MR) is 90.3 cm³/mol. The van der Waals surface area contributed by atoms with Crippen LogP contribution in [0.25, 0.3) is 0 Å². The van der Waals surface area contributed by atoms with Crippen molar-refractivity contribution in [3.8, 4) is 0 Å². The third kappa shape index (κ3) is 2.89. The first kappa shape index (κ1) is 15.8. The van der Waals surface area contributed by atoms with Gasteiger partial charge in [-0.1, -0.05) is 43.5 Å². The molecule has 0 atom stereocenters. The van der Waals surface area contributed by atoms with Crippen molar-refractivity contribution in [2.75, 3.05) is 32.7 Å². The van der Waals surface area contributed by atoms with Gasteiger partial charge >= 0.3 is 0 Å². The first-order chi connectivity index (χ1) is 10.7. The fraction of sp³-hybridized carbons (Fsp3) is 0.611. The molecule has 1 aliphatic heterocycles. The number of carbonyl (C=O) groups excluding carboxylic acids is 1. The molecule has 1 saturated carbocycles. The van der Waals surface area contributed by atoms with Crippen molar-refractivity contribution < 1.29 is 4.79 Å². The normalized spacial score (nSPS) is 22.0. The SMILES string of the molecule is CCN1CCN(C(=O)C2(c3ccc(Cl)cc3)CCCC2)CC1. The number of likely N-dealkylation sites (N-methyl/N-ethyl adjacent to an activating group) is 1. The average molecular weight is 321 g/mol. The topological polar surface area (TPSA) is 23.6 Å². The number of piperazine rings is 1. The second-order valence-corrected chi connectivity index (χ2v) is 6.96. The molecule has 1 amide bonds. The summed E-state index contributed by atoms with van der Waals surface area (Å²) in [5.74, 6) is 0.336. The summed E-state index contributed by atoms with van der Waals surface area (Å²) in [6.45, 7) is 6.98. The van der Waals surface area contributed by atoms with Gasteiger partial charge in [-0.25, -0.2) is 0 Å². The maximum absolute atomic E-state index is 13.3. The van der Waals surface area contributed by atoms with E-state index >= 15 is 0 Å². The molecule has 3 nitrogen and oxygen atoms in total. The van der Waals surface area contributed by atoms with E-state index in [-0.39, 0.29) is 5.41 Å². The molecule has 0 aromatic heterocycles. The van der Waals surface area contributed by atoms with E-state index in [9.17, 15) is 4.79 Å². The molecular formula is C18H25ClN2O. The van der Waals surface area contributed by atoms with Gasteiger partial charge in [0.1, 0.15) is 0 Å². The highest BCUT2D eigenvalue weighted by molar-refractivity contribution is 6.30. The lowest BCUT2D eigenvalue weighted by atomic mass is 9.77. The Labute approximate surface area is 138 Å². The maximum Gasteiger partial charge on any atom is 0.233 e. The average Bonchev–Trinajstić information content (AvgIpc) is 3.06. The quantitative estimate of drug-likeness (QED) is 0.853. The van der Waals surface area contributed by atoms with Gasteiger partial charge < -0.3 is 9.80 Å². The third-order valence-corrected chi connectivity index (χ3v) is 5.62. The van der Waals surface area contributed by atoms with E-state index in [0.717, 1.165) is 69.0 Å². The summed E-state index contributed by atoms with van der Waals surface area (Å²) >= 11 is 6.02. The monoisotopic (exact) mass is 320 g/mol. The molecule has 0 bridgehead atoms. The van der Waals surface area contributed by atoms with Crippen molar-refractivity contribution in [1.82, 2.24) is 9.80 Å². The van der Waals surface area contributed by atoms with Crippen LogP contribution in [0.3, 0.4) is 0 Å². The number of carbonyl (C=O) groups is 1. The van der Waals surface area contributed by atoms with Crippen LogP contribution in [-0.2, 0) is 10.2 Å². The Hall–Kier alpha value is -1.06. The molecule has 0 unspecified atom stereocenters. The largest absolute Gasteiger partial charge is 0.339 e. The molecular weight excluding hydrogens is 296 g/mol. The van der Waals surface area contributed by atoms with E-state index in [1.54, 1.807) is 0 Å². The number of halogens is 1. The highest BCUT2D eigenvalue weighted by Crippen LogP contribution is 2.43. The molecule has 0 spiro atoms. The van der Waals surface area contributed by atoms with Gasteiger partial charge in [0.25, 0.3) is 0 Å². The van der Waals surface area contributed by atoms with Gasteiger partial charge in [0.2, 0.25) is 5.91 Å². The highest BCUT2D eigenvalue weighted by atomic mass is 35.5. The summed E-state index contributed by atoms with van der Waals surface area (Å²) in [5.41, 5.74) is 0.844. The molecule has 3 rings (SSSR count). The first-order valence-electron chi connectivity index (χ1n) is 8.43. The molecule has 2 fully saturated rings. The third-order valence-electron chi connectivity index (χ3n) is 5.37. The van der Waals surface area contributed by atoms with E-state index in [2.05, 4.69) is 16.7 Å². The highest BCUT2D eigenvalue weighted by Gasteiger charge is 2.45. The predicted octanol–water partition coefficient (Wildman–Crippen LogP) is 3.32. The summed E-state index contributed by atoms with van der Waals surface area (Å²) < 4.78 is 0. The van der Waals surface area contributed by atoms with Gasteiger partial charge in [-0.3, -0.25) is 4.79 Å². The molecule has 1 aliphatic carbocycles. The van der Waals surface area contributed by atoms with Crippen LogP contribution in [-0.4, -0.2) is 48.4 Å². The second kappa shape index (κ2) is 6.59. The van der Waals surface area contributed by atoms with Gasteiger partial charge in [0, 0.05) is 31.2 Å². The van der Waals surface area contributed by atoms with Crippen LogP contribution >= 0.6 is 11.6 Å². The Morgan fingerprint density at radius 3 is 2.23 bits per heavy atom. The minimum atomic E-state index is -0.307. The van der Waals surface area contributed by atoms with Crippen LogP contribution in [0, 0.1) is 0 Å². The molecule has 1 aromatic rings. The van der Waals surface area contributed by atoms with Crippen LogP contribution in [0.2, 0.25) is 5.02 Å². The van der Waals surface area contributed by atoms with Crippen molar-refractivity contribution >= 4 is 17.5 Å². The van der Waals surface area contributed by atoms with Crippen molar-refractivity contribution in [1.29, 1.82) is 0 Å². The van der Waals surface area contributed by atoms with E-state index < -0.39 is 0 Å².